The van der Waals surface area contributed by atoms with Crippen molar-refractivity contribution in [2.24, 2.45) is 22.9 Å². The highest BCUT2D eigenvalue weighted by Crippen LogP contribution is 2.06. The number of aromatic amines is 1. The van der Waals surface area contributed by atoms with Gasteiger partial charge in [0.05, 0.1) is 12.4 Å². The van der Waals surface area contributed by atoms with Crippen LogP contribution in [-0.2, 0) is 40.0 Å². The third kappa shape index (κ3) is 11.9. The Hall–Kier alpha value is -4.54. The van der Waals surface area contributed by atoms with Crippen molar-refractivity contribution in [3.8, 4) is 0 Å². The Kier molecular flexibility index (Phi) is 12.9. The second-order valence-corrected chi connectivity index (χ2v) is 8.42. The first kappa shape index (κ1) is 31.5. The molecule has 0 radical (unpaired) electrons. The Morgan fingerprint density at radius 2 is 1.21 bits per heavy atom. The van der Waals surface area contributed by atoms with Crippen LogP contribution in [0.4, 0.5) is 0 Å². The fraction of sp³-hybridized carbons (Fsp3) is 0.524. The lowest BCUT2D eigenvalue weighted by atomic mass is 10.0. The van der Waals surface area contributed by atoms with E-state index >= 15 is 0 Å². The van der Waals surface area contributed by atoms with Crippen LogP contribution in [0.3, 0.4) is 0 Å². The van der Waals surface area contributed by atoms with Crippen molar-refractivity contribution in [2.45, 2.75) is 69.1 Å². The lowest BCUT2D eigenvalue weighted by Crippen LogP contribution is -2.57. The Morgan fingerprint density at radius 1 is 0.763 bits per heavy atom. The van der Waals surface area contributed by atoms with Crippen LogP contribution in [0.2, 0.25) is 0 Å². The standard InChI is InChI=1S/C21H33N9O8/c22-11(1-4-15(23)31)18(34)28-12(2-5-16(24)32)19(35)29-13(3-6-17(25)33)20(36)30-14(21(37)38)7-10-8-26-9-27-10/h8-9,11-14H,1-7,22H2,(H2,23,31)(H2,24,32)(H2,25,33)(H,26,27)(H,28,34)(H,29,35)(H,30,36)(H,37,38). The highest BCUT2D eigenvalue weighted by atomic mass is 16.4. The summed E-state index contributed by atoms with van der Waals surface area (Å²) in [5.74, 6) is -6.34. The summed E-state index contributed by atoms with van der Waals surface area (Å²) in [6.45, 7) is 0. The van der Waals surface area contributed by atoms with Crippen LogP contribution in [0.25, 0.3) is 0 Å². The number of imidazole rings is 1. The number of nitrogens with zero attached hydrogens (tertiary/aromatic N) is 1. The molecule has 0 aliphatic carbocycles. The van der Waals surface area contributed by atoms with E-state index in [9.17, 15) is 38.7 Å². The van der Waals surface area contributed by atoms with Crippen LogP contribution in [0, 0.1) is 0 Å². The topological polar surface area (TPSA) is 309 Å². The molecule has 1 aromatic heterocycles. The van der Waals surface area contributed by atoms with E-state index in [0.29, 0.717) is 5.69 Å². The van der Waals surface area contributed by atoms with Gasteiger partial charge in [0.15, 0.2) is 0 Å². The van der Waals surface area contributed by atoms with E-state index < -0.39 is 65.6 Å². The van der Waals surface area contributed by atoms with Crippen LogP contribution >= 0.6 is 0 Å². The highest BCUT2D eigenvalue weighted by Gasteiger charge is 2.31. The minimum Gasteiger partial charge on any atom is -0.480 e. The van der Waals surface area contributed by atoms with Gasteiger partial charge in [-0.1, -0.05) is 0 Å². The van der Waals surface area contributed by atoms with Gasteiger partial charge in [-0.2, -0.15) is 0 Å². The zero-order valence-electron chi connectivity index (χ0n) is 20.5. The van der Waals surface area contributed by atoms with Crippen molar-refractivity contribution >= 4 is 41.4 Å². The molecular formula is C21H33N9O8. The van der Waals surface area contributed by atoms with E-state index in [1.165, 1.54) is 12.5 Å². The number of primary amides is 3. The molecule has 17 nitrogen and oxygen atoms in total. The minimum atomic E-state index is -1.44. The number of carboxylic acid groups (broad SMARTS) is 1. The second-order valence-electron chi connectivity index (χ2n) is 8.42. The number of carboxylic acids is 1. The monoisotopic (exact) mass is 539 g/mol. The molecule has 0 aromatic carbocycles. The van der Waals surface area contributed by atoms with Gasteiger partial charge in [-0.15, -0.1) is 0 Å². The number of rotatable bonds is 18. The normalized spacial score (nSPS) is 13.8. The summed E-state index contributed by atoms with van der Waals surface area (Å²) >= 11 is 0. The van der Waals surface area contributed by atoms with Gasteiger partial charge in [-0.3, -0.25) is 28.8 Å². The molecule has 6 amide bonds. The fourth-order valence-corrected chi connectivity index (χ4v) is 3.18. The average molecular weight is 540 g/mol. The van der Waals surface area contributed by atoms with Gasteiger partial charge in [0.1, 0.15) is 18.1 Å². The maximum Gasteiger partial charge on any atom is 0.326 e. The van der Waals surface area contributed by atoms with Gasteiger partial charge < -0.3 is 49.0 Å². The molecule has 4 unspecified atom stereocenters. The van der Waals surface area contributed by atoms with Crippen molar-refractivity contribution < 1.29 is 38.7 Å². The van der Waals surface area contributed by atoms with Gasteiger partial charge in [0.25, 0.3) is 0 Å². The first-order valence-corrected chi connectivity index (χ1v) is 11.5. The van der Waals surface area contributed by atoms with Crippen LogP contribution in [-0.4, -0.2) is 80.7 Å². The van der Waals surface area contributed by atoms with Crippen molar-refractivity contribution in [1.82, 2.24) is 25.9 Å². The molecule has 17 heteroatoms. The number of hydrogen-bond donors (Lipinski definition) is 9. The number of nitrogens with one attached hydrogen (secondary N) is 4. The van der Waals surface area contributed by atoms with E-state index in [1.54, 1.807) is 0 Å². The third-order valence-corrected chi connectivity index (χ3v) is 5.26. The van der Waals surface area contributed by atoms with E-state index in [2.05, 4.69) is 25.9 Å². The maximum atomic E-state index is 13.0. The van der Waals surface area contributed by atoms with Crippen LogP contribution in [0.1, 0.15) is 44.2 Å². The van der Waals surface area contributed by atoms with Crippen molar-refractivity contribution in [3.63, 3.8) is 0 Å². The smallest absolute Gasteiger partial charge is 0.326 e. The second kappa shape index (κ2) is 15.5. The Morgan fingerprint density at radius 3 is 1.63 bits per heavy atom. The minimum absolute atomic E-state index is 0.109. The summed E-state index contributed by atoms with van der Waals surface area (Å²) in [6, 6.07) is -5.45. The molecule has 0 bridgehead atoms. The number of aliphatic carboxylic acids is 1. The number of aromatic nitrogens is 2. The van der Waals surface area contributed by atoms with Gasteiger partial charge in [-0.05, 0) is 19.3 Å². The number of carbonyl (C=O) groups excluding carboxylic acids is 6. The molecule has 0 aliphatic rings. The van der Waals surface area contributed by atoms with Crippen LogP contribution in [0.15, 0.2) is 12.5 Å². The summed E-state index contributed by atoms with van der Waals surface area (Å²) in [6.07, 6.45) is 1.02. The van der Waals surface area contributed by atoms with Gasteiger partial charge in [0.2, 0.25) is 35.4 Å². The lowest BCUT2D eigenvalue weighted by molar-refractivity contribution is -0.142. The van der Waals surface area contributed by atoms with Gasteiger partial charge >= 0.3 is 5.97 Å². The number of amides is 6. The third-order valence-electron chi connectivity index (χ3n) is 5.26. The molecule has 1 heterocycles. The number of H-pyrrole nitrogens is 1. The predicted molar refractivity (Wildman–Crippen MR) is 129 cm³/mol. The molecule has 0 spiro atoms. The van der Waals surface area contributed by atoms with Crippen LogP contribution < -0.4 is 38.9 Å². The van der Waals surface area contributed by atoms with Crippen molar-refractivity contribution in [1.29, 1.82) is 0 Å². The largest absolute Gasteiger partial charge is 0.480 e. The highest BCUT2D eigenvalue weighted by molar-refractivity contribution is 5.94. The SMILES string of the molecule is NC(=O)CCC(N)C(=O)NC(CCC(N)=O)C(=O)NC(CCC(N)=O)C(=O)NC(Cc1cnc[nH]1)C(=O)O. The lowest BCUT2D eigenvalue weighted by Gasteiger charge is -2.25. The molecule has 0 aliphatic heterocycles. The molecular weight excluding hydrogens is 506 g/mol. The maximum absolute atomic E-state index is 13.0. The Bertz CT molecular complexity index is 1010. The predicted octanol–water partition coefficient (Wildman–Crippen LogP) is -4.39. The Balaban J connectivity index is 3.02. The number of nitrogens with two attached hydrogens (primary N) is 4. The van der Waals surface area contributed by atoms with E-state index in [0.717, 1.165) is 0 Å². The van der Waals surface area contributed by atoms with E-state index in [-0.39, 0.29) is 44.9 Å². The summed E-state index contributed by atoms with van der Waals surface area (Å²) < 4.78 is 0. The molecule has 0 fully saturated rings. The Labute approximate surface area is 216 Å². The van der Waals surface area contributed by atoms with Gasteiger partial charge in [0, 0.05) is 37.6 Å². The quantitative estimate of drug-likeness (QED) is 0.0862. The van der Waals surface area contributed by atoms with Crippen molar-refractivity contribution in [3.05, 3.63) is 18.2 Å². The molecule has 4 atom stereocenters. The summed E-state index contributed by atoms with van der Waals surface area (Å²) in [5, 5.41) is 16.4. The number of hydrogen-bond acceptors (Lipinski definition) is 9. The molecule has 13 N–H and O–H groups in total. The zero-order valence-corrected chi connectivity index (χ0v) is 20.5. The van der Waals surface area contributed by atoms with Crippen LogP contribution in [0.5, 0.6) is 0 Å². The van der Waals surface area contributed by atoms with E-state index in [4.69, 9.17) is 22.9 Å². The average Bonchev–Trinajstić information content (AvgIpc) is 3.34. The molecule has 0 saturated carbocycles. The fourth-order valence-electron chi connectivity index (χ4n) is 3.18. The first-order valence-electron chi connectivity index (χ1n) is 11.5. The number of carbonyl (C=O) groups is 7. The molecule has 38 heavy (non-hydrogen) atoms. The van der Waals surface area contributed by atoms with Gasteiger partial charge in [-0.25, -0.2) is 9.78 Å². The molecule has 210 valence electrons. The summed E-state index contributed by atoms with van der Waals surface area (Å²) in [5.41, 5.74) is 21.5. The molecule has 1 aromatic rings. The van der Waals surface area contributed by atoms with Crippen molar-refractivity contribution in [2.75, 3.05) is 0 Å². The molecule has 1 rings (SSSR count). The molecule has 0 saturated heterocycles. The summed E-state index contributed by atoms with van der Waals surface area (Å²) in [4.78, 5) is 90.0. The van der Waals surface area contributed by atoms with E-state index in [1.807, 2.05) is 0 Å². The summed E-state index contributed by atoms with van der Waals surface area (Å²) in [7, 11) is 0. The zero-order chi connectivity index (χ0) is 28.8. The first-order chi connectivity index (χ1) is 17.8.